The fraction of sp³-hybridized carbons (Fsp3) is 0.333. The molecular formula is C21H27FN4O. The molecular weight excluding hydrogens is 343 g/mol. The van der Waals surface area contributed by atoms with E-state index in [0.29, 0.717) is 13.1 Å². The summed E-state index contributed by atoms with van der Waals surface area (Å²) < 4.78 is 12.9. The van der Waals surface area contributed by atoms with Crippen LogP contribution in [0.5, 0.6) is 0 Å². The van der Waals surface area contributed by atoms with Crippen LogP contribution in [0.3, 0.4) is 0 Å². The molecule has 0 aliphatic carbocycles. The number of carbonyl (C=O) groups is 1. The van der Waals surface area contributed by atoms with Crippen LogP contribution in [0.2, 0.25) is 0 Å². The third kappa shape index (κ3) is 8.35. The van der Waals surface area contributed by atoms with E-state index < -0.39 is 0 Å². The number of hydrogen-bond acceptors (Lipinski definition) is 2. The first-order chi connectivity index (χ1) is 13.2. The van der Waals surface area contributed by atoms with Crippen LogP contribution in [0.25, 0.3) is 0 Å². The molecule has 6 heteroatoms. The molecule has 1 amide bonds. The number of amides is 1. The highest BCUT2D eigenvalue weighted by molar-refractivity contribution is 5.80. The number of hydrogen-bond donors (Lipinski definition) is 3. The molecule has 0 radical (unpaired) electrons. The van der Waals surface area contributed by atoms with Crippen LogP contribution in [0.15, 0.2) is 59.6 Å². The molecule has 0 fully saturated rings. The van der Waals surface area contributed by atoms with Gasteiger partial charge >= 0.3 is 0 Å². The number of rotatable bonds is 9. The van der Waals surface area contributed by atoms with Gasteiger partial charge in [0.1, 0.15) is 5.82 Å². The normalized spacial score (nSPS) is 11.1. The second kappa shape index (κ2) is 11.7. The molecule has 0 aliphatic rings. The minimum atomic E-state index is -0.300. The first-order valence-corrected chi connectivity index (χ1v) is 9.17. The first kappa shape index (κ1) is 20.4. The van der Waals surface area contributed by atoms with Gasteiger partial charge in [0.2, 0.25) is 5.91 Å². The highest BCUT2D eigenvalue weighted by Gasteiger charge is 2.03. The molecule has 2 aromatic carbocycles. The smallest absolute Gasteiger partial charge is 0.224 e. The molecule has 0 saturated heterocycles. The number of carbonyl (C=O) groups excluding carboxylic acids is 1. The Morgan fingerprint density at radius 2 is 1.56 bits per heavy atom. The number of benzene rings is 2. The van der Waals surface area contributed by atoms with Crippen LogP contribution in [-0.4, -0.2) is 38.5 Å². The van der Waals surface area contributed by atoms with Crippen LogP contribution in [-0.2, 0) is 17.6 Å². The van der Waals surface area contributed by atoms with Crippen molar-refractivity contribution in [3.63, 3.8) is 0 Å². The van der Waals surface area contributed by atoms with Gasteiger partial charge in [0, 0.05) is 26.7 Å². The second-order valence-electron chi connectivity index (χ2n) is 6.17. The first-order valence-electron chi connectivity index (χ1n) is 9.17. The Labute approximate surface area is 160 Å². The van der Waals surface area contributed by atoms with Gasteiger partial charge in [0.05, 0.1) is 6.42 Å². The van der Waals surface area contributed by atoms with Crippen molar-refractivity contribution < 1.29 is 9.18 Å². The molecule has 3 N–H and O–H groups in total. The van der Waals surface area contributed by atoms with Gasteiger partial charge in [0.25, 0.3) is 0 Å². The van der Waals surface area contributed by atoms with E-state index in [1.54, 1.807) is 19.2 Å². The van der Waals surface area contributed by atoms with Gasteiger partial charge < -0.3 is 16.0 Å². The van der Waals surface area contributed by atoms with Gasteiger partial charge in [-0.2, -0.15) is 0 Å². The van der Waals surface area contributed by atoms with Crippen LogP contribution >= 0.6 is 0 Å². The highest BCUT2D eigenvalue weighted by atomic mass is 19.1. The molecule has 27 heavy (non-hydrogen) atoms. The quantitative estimate of drug-likeness (QED) is 0.360. The molecule has 0 unspecified atom stereocenters. The van der Waals surface area contributed by atoms with Crippen molar-refractivity contribution in [2.24, 2.45) is 4.99 Å². The molecule has 2 aromatic rings. The zero-order chi connectivity index (χ0) is 19.3. The Bertz CT molecular complexity index is 717. The summed E-state index contributed by atoms with van der Waals surface area (Å²) in [6.07, 6.45) is 2.27. The summed E-state index contributed by atoms with van der Waals surface area (Å²) in [6.45, 7) is 1.89. The lowest BCUT2D eigenvalue weighted by Crippen LogP contribution is -2.42. The fourth-order valence-corrected chi connectivity index (χ4v) is 2.60. The van der Waals surface area contributed by atoms with Crippen molar-refractivity contribution in [1.29, 1.82) is 0 Å². The standard InChI is InChI=1S/C21H27FN4O/c1-23-21(25-13-5-8-17-6-3-2-4-7-17)26-15-14-24-20(27)16-18-9-11-19(22)12-10-18/h2-4,6-7,9-12H,5,8,13-16H2,1H3,(H,24,27)(H2,23,25,26). The van der Waals surface area contributed by atoms with Crippen LogP contribution in [0.4, 0.5) is 4.39 Å². The fourth-order valence-electron chi connectivity index (χ4n) is 2.60. The molecule has 0 bridgehead atoms. The molecule has 0 saturated carbocycles. The van der Waals surface area contributed by atoms with Crippen molar-refractivity contribution >= 4 is 11.9 Å². The molecule has 0 aromatic heterocycles. The van der Waals surface area contributed by atoms with Gasteiger partial charge in [0.15, 0.2) is 5.96 Å². The van der Waals surface area contributed by atoms with Crippen LogP contribution in [0, 0.1) is 5.82 Å². The van der Waals surface area contributed by atoms with Gasteiger partial charge in [-0.1, -0.05) is 42.5 Å². The number of nitrogens with one attached hydrogen (secondary N) is 3. The van der Waals surface area contributed by atoms with E-state index in [1.807, 2.05) is 18.2 Å². The third-order valence-corrected chi connectivity index (χ3v) is 4.02. The minimum Gasteiger partial charge on any atom is -0.356 e. The maximum atomic E-state index is 12.9. The van der Waals surface area contributed by atoms with E-state index in [0.717, 1.165) is 30.9 Å². The van der Waals surface area contributed by atoms with E-state index in [4.69, 9.17) is 0 Å². The Morgan fingerprint density at radius 1 is 0.889 bits per heavy atom. The SMILES string of the molecule is CN=C(NCCCc1ccccc1)NCCNC(=O)Cc1ccc(F)cc1. The van der Waals surface area contributed by atoms with Gasteiger partial charge in [-0.15, -0.1) is 0 Å². The van der Waals surface area contributed by atoms with Crippen LogP contribution in [0.1, 0.15) is 17.5 Å². The summed E-state index contributed by atoms with van der Waals surface area (Å²) >= 11 is 0. The van der Waals surface area contributed by atoms with E-state index in [2.05, 4.69) is 33.1 Å². The average molecular weight is 370 g/mol. The predicted molar refractivity (Wildman–Crippen MR) is 107 cm³/mol. The molecule has 2 rings (SSSR count). The zero-order valence-corrected chi connectivity index (χ0v) is 15.7. The summed E-state index contributed by atoms with van der Waals surface area (Å²) in [4.78, 5) is 16.1. The molecule has 5 nitrogen and oxygen atoms in total. The monoisotopic (exact) mass is 370 g/mol. The molecule has 0 spiro atoms. The zero-order valence-electron chi connectivity index (χ0n) is 15.7. The van der Waals surface area contributed by atoms with Crippen molar-refractivity contribution in [2.45, 2.75) is 19.3 Å². The van der Waals surface area contributed by atoms with E-state index in [9.17, 15) is 9.18 Å². The Kier molecular flexibility index (Phi) is 8.83. The minimum absolute atomic E-state index is 0.0887. The average Bonchev–Trinajstić information content (AvgIpc) is 2.69. The molecule has 0 heterocycles. The largest absolute Gasteiger partial charge is 0.356 e. The van der Waals surface area contributed by atoms with Gasteiger partial charge in [-0.05, 0) is 36.1 Å². The topological polar surface area (TPSA) is 65.5 Å². The lowest BCUT2D eigenvalue weighted by atomic mass is 10.1. The molecule has 0 aliphatic heterocycles. The number of halogens is 1. The molecule has 0 atom stereocenters. The Morgan fingerprint density at radius 3 is 2.26 bits per heavy atom. The number of aliphatic imine (C=N–C) groups is 1. The van der Waals surface area contributed by atoms with Crippen molar-refractivity contribution in [3.05, 3.63) is 71.5 Å². The van der Waals surface area contributed by atoms with Gasteiger partial charge in [-0.25, -0.2) is 4.39 Å². The van der Waals surface area contributed by atoms with E-state index >= 15 is 0 Å². The Hall–Kier alpha value is -2.89. The second-order valence-corrected chi connectivity index (χ2v) is 6.17. The number of nitrogens with zero attached hydrogens (tertiary/aromatic N) is 1. The van der Waals surface area contributed by atoms with Crippen molar-refractivity contribution in [3.8, 4) is 0 Å². The van der Waals surface area contributed by atoms with Crippen LogP contribution < -0.4 is 16.0 Å². The van der Waals surface area contributed by atoms with Gasteiger partial charge in [-0.3, -0.25) is 9.79 Å². The number of guanidine groups is 1. The maximum absolute atomic E-state index is 12.9. The van der Waals surface area contributed by atoms with Crippen molar-refractivity contribution in [2.75, 3.05) is 26.7 Å². The summed E-state index contributed by atoms with van der Waals surface area (Å²) in [7, 11) is 1.72. The predicted octanol–water partition coefficient (Wildman–Crippen LogP) is 2.28. The lowest BCUT2D eigenvalue weighted by molar-refractivity contribution is -0.120. The third-order valence-electron chi connectivity index (χ3n) is 4.02. The summed E-state index contributed by atoms with van der Waals surface area (Å²) in [5.74, 6) is 0.330. The maximum Gasteiger partial charge on any atom is 0.224 e. The summed E-state index contributed by atoms with van der Waals surface area (Å²) in [5.41, 5.74) is 2.11. The number of aryl methyl sites for hydroxylation is 1. The van der Waals surface area contributed by atoms with E-state index in [1.165, 1.54) is 17.7 Å². The summed E-state index contributed by atoms with van der Waals surface area (Å²) in [5, 5.41) is 9.27. The van der Waals surface area contributed by atoms with Crippen molar-refractivity contribution in [1.82, 2.24) is 16.0 Å². The summed E-state index contributed by atoms with van der Waals surface area (Å²) in [6, 6.07) is 16.3. The highest BCUT2D eigenvalue weighted by Crippen LogP contribution is 2.03. The Balaban J connectivity index is 1.56. The molecule has 144 valence electrons. The van der Waals surface area contributed by atoms with E-state index in [-0.39, 0.29) is 18.1 Å². The lowest BCUT2D eigenvalue weighted by Gasteiger charge is -2.12.